The highest BCUT2D eigenvalue weighted by molar-refractivity contribution is 8.00. The van der Waals surface area contributed by atoms with Gasteiger partial charge in [0.2, 0.25) is 0 Å². The summed E-state index contributed by atoms with van der Waals surface area (Å²) in [6.07, 6.45) is 1.21. The minimum Gasteiger partial charge on any atom is -0.384 e. The average molecular weight is 448 g/mol. The highest BCUT2D eigenvalue weighted by Crippen LogP contribution is 2.41. The molecule has 0 radical (unpaired) electrons. The molecule has 2 aromatic carbocycles. The molecular formula is C23H23Cl2NO2S. The number of Topliss-reactive ketones (excluding diaryl/α,β-unsaturated/α-hetero) is 1. The van der Waals surface area contributed by atoms with Gasteiger partial charge in [0.25, 0.3) is 0 Å². The van der Waals surface area contributed by atoms with Crippen molar-refractivity contribution in [2.75, 3.05) is 11.5 Å². The summed E-state index contributed by atoms with van der Waals surface area (Å²) >= 11 is 14.2. The number of thioether (sulfide) groups is 1. The molecule has 29 heavy (non-hydrogen) atoms. The summed E-state index contributed by atoms with van der Waals surface area (Å²) in [4.78, 5) is 18.6. The van der Waals surface area contributed by atoms with E-state index in [1.807, 2.05) is 55.9 Å². The topological polar surface area (TPSA) is 38.7 Å². The zero-order valence-corrected chi connectivity index (χ0v) is 19.0. The van der Waals surface area contributed by atoms with Gasteiger partial charge >= 0.3 is 0 Å². The fourth-order valence-corrected chi connectivity index (χ4v) is 5.53. The fraction of sp³-hybridized carbons (Fsp3) is 0.391. The molecular weight excluding hydrogens is 425 g/mol. The summed E-state index contributed by atoms with van der Waals surface area (Å²) in [7, 11) is 0. The Morgan fingerprint density at radius 2 is 1.83 bits per heavy atom. The molecule has 0 saturated carbocycles. The second kappa shape index (κ2) is 7.64. The normalized spacial score (nSPS) is 22.6. The van der Waals surface area contributed by atoms with Gasteiger partial charge in [0, 0.05) is 34.0 Å². The number of carbonyl (C=O) groups excluding carboxylic acids is 1. The number of aryl methyl sites for hydroxylation is 1. The maximum atomic E-state index is 12.8. The Bertz CT molecular complexity index is 996. The Labute approximate surface area is 185 Å². The number of nitrogens with zero attached hydrogens (tertiary/aromatic N) is 1. The van der Waals surface area contributed by atoms with Gasteiger partial charge in [-0.25, -0.2) is 0 Å². The molecule has 2 aliphatic heterocycles. The van der Waals surface area contributed by atoms with E-state index >= 15 is 0 Å². The molecule has 6 heteroatoms. The monoisotopic (exact) mass is 447 g/mol. The van der Waals surface area contributed by atoms with Crippen LogP contribution in [0.1, 0.15) is 53.7 Å². The molecule has 0 N–H and O–H groups in total. The van der Waals surface area contributed by atoms with Gasteiger partial charge in [0.05, 0.1) is 5.71 Å². The summed E-state index contributed by atoms with van der Waals surface area (Å²) < 4.78 is 0. The molecule has 152 valence electrons. The number of ketones is 1. The van der Waals surface area contributed by atoms with Crippen molar-refractivity contribution >= 4 is 46.5 Å². The van der Waals surface area contributed by atoms with Crippen LogP contribution < -0.4 is 0 Å². The Hall–Kier alpha value is -1.49. The molecule has 0 bridgehead atoms. The Morgan fingerprint density at radius 1 is 1.14 bits per heavy atom. The first-order chi connectivity index (χ1) is 13.7. The minimum absolute atomic E-state index is 0.149. The Balaban J connectivity index is 1.52. The lowest BCUT2D eigenvalue weighted by Crippen LogP contribution is -2.34. The number of hydrogen-bond donors (Lipinski definition) is 0. The summed E-state index contributed by atoms with van der Waals surface area (Å²) in [5.41, 5.74) is 4.03. The average Bonchev–Trinajstić information content (AvgIpc) is 3.03. The largest absolute Gasteiger partial charge is 0.384 e. The van der Waals surface area contributed by atoms with Gasteiger partial charge in [-0.2, -0.15) is 11.8 Å². The molecule has 1 saturated heterocycles. The van der Waals surface area contributed by atoms with Gasteiger partial charge in [-0.05, 0) is 66.2 Å². The maximum Gasteiger partial charge on any atom is 0.165 e. The summed E-state index contributed by atoms with van der Waals surface area (Å²) in [5, 5.41) is 5.48. The lowest BCUT2D eigenvalue weighted by molar-refractivity contribution is -0.00737. The third-order valence-electron chi connectivity index (χ3n) is 5.68. The van der Waals surface area contributed by atoms with Crippen molar-refractivity contribution in [3.05, 3.63) is 68.7 Å². The zero-order chi connectivity index (χ0) is 20.8. The predicted octanol–water partition coefficient (Wildman–Crippen LogP) is 6.67. The molecule has 1 fully saturated rings. The second-order valence-corrected chi connectivity index (χ2v) is 10.5. The standard InChI is InChI=1S/C23H23Cl2NO2S/c1-14-6-15(4-5-19(14)21(27)11-22(2)12-29-13-22)20-10-23(3,28-26-20)16-7-17(24)9-18(25)8-16/h4-9H,10-13H2,1-3H3. The highest BCUT2D eigenvalue weighted by Gasteiger charge is 2.38. The Kier molecular flexibility index (Phi) is 5.47. The first kappa shape index (κ1) is 20.8. The maximum absolute atomic E-state index is 12.8. The molecule has 1 unspecified atom stereocenters. The molecule has 0 aliphatic carbocycles. The fourth-order valence-electron chi connectivity index (χ4n) is 3.90. The number of hydrogen-bond acceptors (Lipinski definition) is 4. The van der Waals surface area contributed by atoms with E-state index in [9.17, 15) is 4.79 Å². The van der Waals surface area contributed by atoms with Crippen LogP contribution in [-0.2, 0) is 10.4 Å². The SMILES string of the molecule is Cc1cc(C2=NOC(C)(c3cc(Cl)cc(Cl)c3)C2)ccc1C(=O)CC1(C)CSC1. The van der Waals surface area contributed by atoms with Crippen LogP contribution in [0.15, 0.2) is 41.6 Å². The van der Waals surface area contributed by atoms with E-state index in [0.29, 0.717) is 22.9 Å². The molecule has 2 aliphatic rings. The van der Waals surface area contributed by atoms with Crippen molar-refractivity contribution in [1.29, 1.82) is 0 Å². The number of rotatable bonds is 5. The van der Waals surface area contributed by atoms with E-state index in [-0.39, 0.29) is 11.2 Å². The van der Waals surface area contributed by atoms with E-state index in [1.54, 1.807) is 6.07 Å². The Morgan fingerprint density at radius 3 is 2.41 bits per heavy atom. The first-order valence-corrected chi connectivity index (χ1v) is 11.5. The highest BCUT2D eigenvalue weighted by atomic mass is 35.5. The van der Waals surface area contributed by atoms with Crippen LogP contribution in [0, 0.1) is 12.3 Å². The number of oxime groups is 1. The van der Waals surface area contributed by atoms with E-state index in [4.69, 9.17) is 28.0 Å². The van der Waals surface area contributed by atoms with Crippen molar-refractivity contribution in [2.45, 2.75) is 39.2 Å². The third-order valence-corrected chi connectivity index (χ3v) is 7.92. The van der Waals surface area contributed by atoms with Crippen LogP contribution in [0.4, 0.5) is 0 Å². The summed E-state index contributed by atoms with van der Waals surface area (Å²) in [6, 6.07) is 11.3. The van der Waals surface area contributed by atoms with Crippen molar-refractivity contribution < 1.29 is 9.63 Å². The van der Waals surface area contributed by atoms with Gasteiger partial charge in [-0.3, -0.25) is 4.79 Å². The minimum atomic E-state index is -0.622. The smallest absolute Gasteiger partial charge is 0.165 e. The van der Waals surface area contributed by atoms with Crippen LogP contribution in [0.3, 0.4) is 0 Å². The molecule has 3 nitrogen and oxygen atoms in total. The van der Waals surface area contributed by atoms with Crippen molar-refractivity contribution in [2.24, 2.45) is 10.6 Å². The van der Waals surface area contributed by atoms with Gasteiger partial charge in [0.1, 0.15) is 0 Å². The molecule has 2 heterocycles. The van der Waals surface area contributed by atoms with Gasteiger partial charge in [0.15, 0.2) is 11.4 Å². The van der Waals surface area contributed by atoms with Crippen LogP contribution in [0.5, 0.6) is 0 Å². The second-order valence-electron chi connectivity index (χ2n) is 8.63. The van der Waals surface area contributed by atoms with Crippen LogP contribution in [0.25, 0.3) is 0 Å². The predicted molar refractivity (Wildman–Crippen MR) is 122 cm³/mol. The summed E-state index contributed by atoms with van der Waals surface area (Å²) in [5.74, 6) is 2.35. The van der Waals surface area contributed by atoms with Crippen LogP contribution >= 0.6 is 35.0 Å². The van der Waals surface area contributed by atoms with Gasteiger partial charge in [-0.15, -0.1) is 0 Å². The molecule has 0 aromatic heterocycles. The van der Waals surface area contributed by atoms with Gasteiger partial charge in [-0.1, -0.05) is 47.4 Å². The van der Waals surface area contributed by atoms with E-state index < -0.39 is 5.60 Å². The number of halogens is 2. The lowest BCUT2D eigenvalue weighted by Gasteiger charge is -2.37. The van der Waals surface area contributed by atoms with Crippen molar-refractivity contribution in [3.63, 3.8) is 0 Å². The lowest BCUT2D eigenvalue weighted by atomic mass is 9.84. The van der Waals surface area contributed by atoms with Crippen molar-refractivity contribution in [1.82, 2.24) is 0 Å². The quantitative estimate of drug-likeness (QED) is 0.480. The van der Waals surface area contributed by atoms with Crippen LogP contribution in [0.2, 0.25) is 10.0 Å². The van der Waals surface area contributed by atoms with Gasteiger partial charge < -0.3 is 4.84 Å². The van der Waals surface area contributed by atoms with E-state index in [0.717, 1.165) is 39.5 Å². The molecule has 0 spiro atoms. The molecule has 1 atom stereocenters. The summed E-state index contributed by atoms with van der Waals surface area (Å²) in [6.45, 7) is 6.16. The molecule has 2 aromatic rings. The van der Waals surface area contributed by atoms with E-state index in [2.05, 4.69) is 12.1 Å². The molecule has 0 amide bonds. The van der Waals surface area contributed by atoms with Crippen molar-refractivity contribution in [3.8, 4) is 0 Å². The first-order valence-electron chi connectivity index (χ1n) is 9.61. The number of carbonyl (C=O) groups is 1. The zero-order valence-electron chi connectivity index (χ0n) is 16.7. The molecule has 4 rings (SSSR count). The van der Waals surface area contributed by atoms with E-state index in [1.165, 1.54) is 0 Å². The third kappa shape index (κ3) is 4.21. The van der Waals surface area contributed by atoms with Crippen LogP contribution in [-0.4, -0.2) is 23.0 Å². The number of benzene rings is 2.